The Morgan fingerprint density at radius 3 is 1.25 bits per heavy atom. The molecule has 0 aromatic heterocycles. The Bertz CT molecular complexity index is 766. The summed E-state index contributed by atoms with van der Waals surface area (Å²) >= 11 is 0. The summed E-state index contributed by atoms with van der Waals surface area (Å²) in [6.45, 7) is 13.6. The van der Waals surface area contributed by atoms with E-state index in [9.17, 15) is 19.2 Å². The molecule has 2 aliphatic heterocycles. The third-order valence-corrected chi connectivity index (χ3v) is 8.85. The Kier molecular flexibility index (Phi) is 14.3. The summed E-state index contributed by atoms with van der Waals surface area (Å²) in [5, 5.41) is 5.57. The van der Waals surface area contributed by atoms with Crippen molar-refractivity contribution >= 4 is 45.6 Å². The predicted octanol–water partition coefficient (Wildman–Crippen LogP) is 4.96. The van der Waals surface area contributed by atoms with Gasteiger partial charge >= 0.3 is 12.2 Å². The lowest BCUT2D eigenvalue weighted by molar-refractivity contribution is -0.135. The fraction of sp³-hybridized carbons (Fsp3) is 0.857. The van der Waals surface area contributed by atoms with Crippen LogP contribution in [0.2, 0.25) is 0 Å². The van der Waals surface area contributed by atoms with Gasteiger partial charge in [0.25, 0.3) is 0 Å². The van der Waals surface area contributed by atoms with Crippen LogP contribution >= 0.6 is 21.6 Å². The second-order valence-electron chi connectivity index (χ2n) is 12.4. The first-order valence-electron chi connectivity index (χ1n) is 14.6. The minimum atomic E-state index is -0.650. The number of carbonyl (C=O) groups is 4. The topological polar surface area (TPSA) is 117 Å². The number of likely N-dealkylation sites (tertiary alicyclic amines) is 2. The first-order valence-corrected chi connectivity index (χ1v) is 17.0. The molecule has 0 aliphatic carbocycles. The van der Waals surface area contributed by atoms with E-state index in [1.807, 2.05) is 9.80 Å². The van der Waals surface area contributed by atoms with Crippen molar-refractivity contribution in [3.8, 4) is 0 Å². The molecule has 0 bridgehead atoms. The van der Waals surface area contributed by atoms with Crippen LogP contribution in [0, 0.1) is 0 Å². The van der Waals surface area contributed by atoms with E-state index in [0.717, 1.165) is 38.5 Å². The zero-order chi connectivity index (χ0) is 29.8. The number of amides is 4. The Morgan fingerprint density at radius 2 is 0.950 bits per heavy atom. The summed E-state index contributed by atoms with van der Waals surface area (Å²) in [7, 11) is 3.18. The lowest BCUT2D eigenvalue weighted by atomic mass is 10.1. The third-order valence-electron chi connectivity index (χ3n) is 6.38. The number of hydrogen-bond donors (Lipinski definition) is 2. The van der Waals surface area contributed by atoms with Crippen LogP contribution in [0.5, 0.6) is 0 Å². The average Bonchev–Trinajstić information content (AvgIpc) is 2.87. The molecule has 12 heteroatoms. The van der Waals surface area contributed by atoms with Crippen molar-refractivity contribution in [2.45, 2.75) is 116 Å². The molecule has 2 fully saturated rings. The first kappa shape index (κ1) is 34.4. The van der Waals surface area contributed by atoms with Gasteiger partial charge < -0.3 is 29.9 Å². The zero-order valence-corrected chi connectivity index (χ0v) is 26.8. The quantitative estimate of drug-likeness (QED) is 0.252. The van der Waals surface area contributed by atoms with Gasteiger partial charge in [-0.05, 0) is 92.9 Å². The van der Waals surface area contributed by atoms with Crippen molar-refractivity contribution in [1.82, 2.24) is 20.4 Å². The molecule has 0 spiro atoms. The number of nitrogens with zero attached hydrogens (tertiary/aromatic N) is 2. The Hall–Kier alpha value is -1.82. The summed E-state index contributed by atoms with van der Waals surface area (Å²) in [5.74, 6) is 1.14. The van der Waals surface area contributed by atoms with Crippen LogP contribution in [0.1, 0.15) is 92.9 Å². The highest BCUT2D eigenvalue weighted by atomic mass is 33.1. The molecule has 2 heterocycles. The van der Waals surface area contributed by atoms with E-state index in [4.69, 9.17) is 9.47 Å². The van der Waals surface area contributed by atoms with Gasteiger partial charge in [-0.3, -0.25) is 9.59 Å². The van der Waals surface area contributed by atoms with Gasteiger partial charge in [-0.2, -0.15) is 0 Å². The second kappa shape index (κ2) is 16.6. The lowest BCUT2D eigenvalue weighted by Gasteiger charge is -2.31. The van der Waals surface area contributed by atoms with E-state index < -0.39 is 35.5 Å². The largest absolute Gasteiger partial charge is 0.444 e. The van der Waals surface area contributed by atoms with Gasteiger partial charge in [-0.25, -0.2) is 9.59 Å². The summed E-state index contributed by atoms with van der Waals surface area (Å²) in [5.41, 5.74) is -1.30. The smallest absolute Gasteiger partial charge is 0.408 e. The second-order valence-corrected chi connectivity index (χ2v) is 15.1. The van der Waals surface area contributed by atoms with Crippen LogP contribution in [0.3, 0.4) is 0 Å². The predicted molar refractivity (Wildman–Crippen MR) is 161 cm³/mol. The molecule has 2 saturated heterocycles. The van der Waals surface area contributed by atoms with Gasteiger partial charge in [0.15, 0.2) is 0 Å². The minimum absolute atomic E-state index is 0.0649. The van der Waals surface area contributed by atoms with Crippen LogP contribution in [0.25, 0.3) is 0 Å². The van der Waals surface area contributed by atoms with Crippen LogP contribution in [-0.4, -0.2) is 94.8 Å². The number of nitrogens with one attached hydrogen (secondary N) is 2. The number of piperidine rings is 2. The van der Waals surface area contributed by atoms with Crippen molar-refractivity contribution in [1.29, 1.82) is 0 Å². The molecule has 10 nitrogen and oxygen atoms in total. The SMILES string of the molecule is CC(C)(C)OC(=O)NC(CCSSCCC(NC(=O)OC(C)(C)C)C(=O)N1CCCCC1)C(=O)N1CCCCC1. The van der Waals surface area contributed by atoms with Gasteiger partial charge in [0, 0.05) is 37.7 Å². The standard InChI is InChI=1S/C28H50N4O6S2/c1-27(2,3)37-25(35)29-21(23(33)31-15-9-7-10-16-31)13-19-39-40-20-14-22(30-26(36)38-28(4,5)6)24(34)32-17-11-8-12-18-32/h21-22H,7-20H2,1-6H3,(H,29,35)(H,30,36). The monoisotopic (exact) mass is 602 g/mol. The highest BCUT2D eigenvalue weighted by Gasteiger charge is 2.30. The normalized spacial score (nSPS) is 17.9. The maximum absolute atomic E-state index is 13.2. The maximum Gasteiger partial charge on any atom is 0.408 e. The van der Waals surface area contributed by atoms with Gasteiger partial charge in [0.1, 0.15) is 23.3 Å². The summed E-state index contributed by atoms with van der Waals surface area (Å²) < 4.78 is 10.8. The molecule has 40 heavy (non-hydrogen) atoms. The molecule has 0 radical (unpaired) electrons. The molecule has 0 saturated carbocycles. The van der Waals surface area contributed by atoms with Crippen molar-refractivity contribution in [2.75, 3.05) is 37.7 Å². The third kappa shape index (κ3) is 13.7. The molecule has 0 aromatic carbocycles. The first-order chi connectivity index (χ1) is 18.7. The highest BCUT2D eigenvalue weighted by Crippen LogP contribution is 2.25. The molecule has 2 rings (SSSR count). The van der Waals surface area contributed by atoms with Gasteiger partial charge in [0.2, 0.25) is 11.8 Å². The van der Waals surface area contributed by atoms with Crippen molar-refractivity contribution in [2.24, 2.45) is 0 Å². The molecule has 230 valence electrons. The maximum atomic E-state index is 13.2. The van der Waals surface area contributed by atoms with E-state index in [-0.39, 0.29) is 11.8 Å². The summed E-state index contributed by atoms with van der Waals surface area (Å²) in [6.07, 6.45) is 5.90. The van der Waals surface area contributed by atoms with E-state index >= 15 is 0 Å². The van der Waals surface area contributed by atoms with E-state index in [1.165, 1.54) is 0 Å². The minimum Gasteiger partial charge on any atom is -0.444 e. The van der Waals surface area contributed by atoms with Crippen molar-refractivity contribution in [3.05, 3.63) is 0 Å². The number of ether oxygens (including phenoxy) is 2. The van der Waals surface area contributed by atoms with Crippen LogP contribution in [-0.2, 0) is 19.1 Å². The molecule has 2 unspecified atom stereocenters. The van der Waals surface area contributed by atoms with Gasteiger partial charge in [0.05, 0.1) is 0 Å². The number of rotatable bonds is 11. The average molecular weight is 603 g/mol. The van der Waals surface area contributed by atoms with Gasteiger partial charge in [-0.15, -0.1) is 0 Å². The van der Waals surface area contributed by atoms with Crippen molar-refractivity contribution < 1.29 is 28.7 Å². The Morgan fingerprint density at radius 1 is 0.625 bits per heavy atom. The van der Waals surface area contributed by atoms with Crippen molar-refractivity contribution in [3.63, 3.8) is 0 Å². The van der Waals surface area contributed by atoms with E-state index in [1.54, 1.807) is 63.1 Å². The summed E-state index contributed by atoms with van der Waals surface area (Å²) in [6, 6.07) is -1.30. The Balaban J connectivity index is 1.88. The number of hydrogen-bond acceptors (Lipinski definition) is 8. The van der Waals surface area contributed by atoms with Crippen LogP contribution in [0.15, 0.2) is 0 Å². The van der Waals surface area contributed by atoms with Crippen LogP contribution < -0.4 is 10.6 Å². The van der Waals surface area contributed by atoms with Crippen LogP contribution in [0.4, 0.5) is 9.59 Å². The molecular formula is C28H50N4O6S2. The lowest BCUT2D eigenvalue weighted by Crippen LogP contribution is -2.51. The van der Waals surface area contributed by atoms with E-state index in [2.05, 4.69) is 10.6 Å². The molecule has 2 atom stereocenters. The fourth-order valence-electron chi connectivity index (χ4n) is 4.53. The van der Waals surface area contributed by atoms with E-state index in [0.29, 0.717) is 50.5 Å². The number of alkyl carbamates (subject to hydrolysis) is 2. The molecular weight excluding hydrogens is 552 g/mol. The summed E-state index contributed by atoms with van der Waals surface area (Å²) in [4.78, 5) is 54.9. The van der Waals surface area contributed by atoms with Gasteiger partial charge in [-0.1, -0.05) is 21.6 Å². The molecule has 2 aliphatic rings. The zero-order valence-electron chi connectivity index (χ0n) is 25.2. The number of carbonyl (C=O) groups excluding carboxylic acids is 4. The highest BCUT2D eigenvalue weighted by molar-refractivity contribution is 8.76. The molecule has 2 N–H and O–H groups in total. The fourth-order valence-corrected chi connectivity index (χ4v) is 6.72. The Labute approximate surface area is 248 Å². The molecule has 0 aromatic rings. The molecule has 4 amide bonds.